The minimum atomic E-state index is -0.304. The van der Waals surface area contributed by atoms with Crippen molar-refractivity contribution in [1.82, 2.24) is 4.98 Å². The third-order valence-corrected chi connectivity index (χ3v) is 5.41. The Kier molecular flexibility index (Phi) is 5.32. The topological polar surface area (TPSA) is 89.7 Å². The highest BCUT2D eigenvalue weighted by molar-refractivity contribution is 5.87. The van der Waals surface area contributed by atoms with Gasteiger partial charge in [-0.15, -0.1) is 0 Å². The van der Waals surface area contributed by atoms with Gasteiger partial charge in [-0.3, -0.25) is 0 Å². The van der Waals surface area contributed by atoms with Crippen LogP contribution in [0.4, 0.5) is 16.0 Å². The average Bonchev–Trinajstić information content (AvgIpc) is 2.79. The molecule has 1 aliphatic rings. The second kappa shape index (κ2) is 8.23. The van der Waals surface area contributed by atoms with Gasteiger partial charge in [0.25, 0.3) is 0 Å². The maximum absolute atomic E-state index is 13.3. The molecule has 1 aliphatic heterocycles. The van der Waals surface area contributed by atoms with Crippen LogP contribution in [0.2, 0.25) is 0 Å². The summed E-state index contributed by atoms with van der Waals surface area (Å²) in [5.41, 5.74) is 9.61. The number of hydrogen-bond donors (Lipinski definition) is 1. The van der Waals surface area contributed by atoms with E-state index < -0.39 is 0 Å². The zero-order chi connectivity index (χ0) is 21.1. The highest BCUT2D eigenvalue weighted by Crippen LogP contribution is 2.37. The van der Waals surface area contributed by atoms with Crippen LogP contribution in [0.25, 0.3) is 22.3 Å². The van der Waals surface area contributed by atoms with Gasteiger partial charge in [0.15, 0.2) is 0 Å². The third-order valence-electron chi connectivity index (χ3n) is 5.41. The van der Waals surface area contributed by atoms with Gasteiger partial charge in [-0.25, -0.2) is 9.37 Å². The summed E-state index contributed by atoms with van der Waals surface area (Å²) in [4.78, 5) is 6.51. The normalized spacial score (nSPS) is 13.5. The van der Waals surface area contributed by atoms with Crippen LogP contribution in [0.3, 0.4) is 0 Å². The summed E-state index contributed by atoms with van der Waals surface area (Å²) in [7, 11) is 0. The highest BCUT2D eigenvalue weighted by atomic mass is 19.1. The van der Waals surface area contributed by atoms with Crippen LogP contribution in [0.15, 0.2) is 48.5 Å². The number of nitrogens with zero attached hydrogens (tertiary/aromatic N) is 4. The van der Waals surface area contributed by atoms with Crippen LogP contribution < -0.4 is 10.6 Å². The van der Waals surface area contributed by atoms with E-state index in [2.05, 4.69) is 22.0 Å². The number of anilines is 2. The summed E-state index contributed by atoms with van der Waals surface area (Å²) in [6, 6.07) is 18.1. The van der Waals surface area contributed by atoms with Crippen LogP contribution in [0.5, 0.6) is 0 Å². The van der Waals surface area contributed by atoms with E-state index in [4.69, 9.17) is 5.73 Å². The van der Waals surface area contributed by atoms with Crippen molar-refractivity contribution in [2.24, 2.45) is 0 Å². The Labute approximate surface area is 174 Å². The van der Waals surface area contributed by atoms with Gasteiger partial charge < -0.3 is 10.6 Å². The second-order valence-corrected chi connectivity index (χ2v) is 7.30. The van der Waals surface area contributed by atoms with E-state index in [0.29, 0.717) is 22.5 Å². The zero-order valence-electron chi connectivity index (χ0n) is 16.4. The Hall–Kier alpha value is -3.90. The molecule has 2 heterocycles. The van der Waals surface area contributed by atoms with Gasteiger partial charge in [0.2, 0.25) is 0 Å². The molecule has 0 bridgehead atoms. The molecule has 0 radical (unpaired) electrons. The number of nitrogen functional groups attached to an aromatic ring is 1. The van der Waals surface area contributed by atoms with E-state index in [0.717, 1.165) is 43.5 Å². The van der Waals surface area contributed by atoms with E-state index in [-0.39, 0.29) is 17.2 Å². The molecule has 2 N–H and O–H groups in total. The molecule has 0 amide bonds. The number of aromatic nitrogens is 1. The Bertz CT molecular complexity index is 1170. The number of halogens is 1. The first-order chi connectivity index (χ1) is 14.6. The quantitative estimate of drug-likeness (QED) is 0.681. The van der Waals surface area contributed by atoms with Crippen molar-refractivity contribution in [1.29, 1.82) is 10.5 Å². The molecule has 0 saturated carbocycles. The fourth-order valence-corrected chi connectivity index (χ4v) is 3.93. The maximum atomic E-state index is 13.3. The summed E-state index contributed by atoms with van der Waals surface area (Å²) in [5.74, 6) is 0.358. The van der Waals surface area contributed by atoms with Crippen molar-refractivity contribution >= 4 is 11.6 Å². The first-order valence-corrected chi connectivity index (χ1v) is 9.87. The monoisotopic (exact) mass is 397 g/mol. The van der Waals surface area contributed by atoms with Gasteiger partial charge in [0.1, 0.15) is 40.7 Å². The van der Waals surface area contributed by atoms with Crippen LogP contribution in [0.1, 0.15) is 30.4 Å². The molecule has 1 saturated heterocycles. The molecule has 1 aromatic heterocycles. The summed E-state index contributed by atoms with van der Waals surface area (Å²) < 4.78 is 13.3. The third kappa shape index (κ3) is 3.56. The second-order valence-electron chi connectivity index (χ2n) is 7.30. The molecule has 1 fully saturated rings. The first-order valence-electron chi connectivity index (χ1n) is 9.87. The molecule has 5 nitrogen and oxygen atoms in total. The number of piperidine rings is 1. The van der Waals surface area contributed by atoms with Gasteiger partial charge in [0.05, 0.1) is 0 Å². The zero-order valence-corrected chi connectivity index (χ0v) is 16.4. The molecule has 0 aliphatic carbocycles. The SMILES string of the molecule is N#Cc1c(N)nc(N2CCCCC2)c(C#N)c1-c1cccc(-c2ccc(F)cc2)c1. The molecule has 6 heteroatoms. The molecular weight excluding hydrogens is 377 g/mol. The lowest BCUT2D eigenvalue weighted by Gasteiger charge is -2.29. The first kappa shape index (κ1) is 19.4. The van der Waals surface area contributed by atoms with Crippen LogP contribution in [0, 0.1) is 28.5 Å². The van der Waals surface area contributed by atoms with Crippen molar-refractivity contribution in [2.75, 3.05) is 23.7 Å². The van der Waals surface area contributed by atoms with E-state index in [1.165, 1.54) is 12.1 Å². The van der Waals surface area contributed by atoms with E-state index in [1.807, 2.05) is 24.3 Å². The fourth-order valence-electron chi connectivity index (χ4n) is 3.93. The molecule has 30 heavy (non-hydrogen) atoms. The number of rotatable bonds is 3. The fraction of sp³-hybridized carbons (Fsp3) is 0.208. The van der Waals surface area contributed by atoms with Crippen LogP contribution in [-0.4, -0.2) is 18.1 Å². The maximum Gasteiger partial charge on any atom is 0.149 e. The highest BCUT2D eigenvalue weighted by Gasteiger charge is 2.24. The lowest BCUT2D eigenvalue weighted by Crippen LogP contribution is -2.31. The number of nitrogens with two attached hydrogens (primary N) is 1. The Morgan fingerprint density at radius 3 is 2.20 bits per heavy atom. The summed E-state index contributed by atoms with van der Waals surface area (Å²) in [6.07, 6.45) is 3.21. The van der Waals surface area contributed by atoms with Crippen LogP contribution >= 0.6 is 0 Å². The lowest BCUT2D eigenvalue weighted by atomic mass is 9.93. The van der Waals surface area contributed by atoms with E-state index in [9.17, 15) is 14.9 Å². The predicted octanol–water partition coefficient (Wildman–Crippen LogP) is 4.87. The molecule has 0 unspecified atom stereocenters. The van der Waals surface area contributed by atoms with Crippen LogP contribution in [-0.2, 0) is 0 Å². The molecular formula is C24H20FN5. The van der Waals surface area contributed by atoms with Crippen molar-refractivity contribution < 1.29 is 4.39 Å². The average molecular weight is 397 g/mol. The number of pyridine rings is 1. The molecule has 2 aromatic carbocycles. The Morgan fingerprint density at radius 1 is 0.867 bits per heavy atom. The summed E-state index contributed by atoms with van der Waals surface area (Å²) >= 11 is 0. The van der Waals surface area contributed by atoms with Gasteiger partial charge in [-0.2, -0.15) is 10.5 Å². The van der Waals surface area contributed by atoms with Crippen molar-refractivity contribution in [3.05, 3.63) is 65.5 Å². The molecule has 3 aromatic rings. The van der Waals surface area contributed by atoms with E-state index >= 15 is 0 Å². The lowest BCUT2D eigenvalue weighted by molar-refractivity contribution is 0.573. The standard InChI is InChI=1S/C24H20FN5/c25-19-9-7-16(8-10-19)17-5-4-6-18(13-17)22-20(14-26)23(28)29-24(21(22)15-27)30-11-2-1-3-12-30/h4-10,13H,1-3,11-12H2,(H2,28,29). The molecule has 0 spiro atoms. The smallest absolute Gasteiger partial charge is 0.149 e. The Morgan fingerprint density at radius 2 is 1.53 bits per heavy atom. The van der Waals surface area contributed by atoms with Gasteiger partial charge in [0, 0.05) is 18.7 Å². The largest absolute Gasteiger partial charge is 0.383 e. The van der Waals surface area contributed by atoms with E-state index in [1.54, 1.807) is 12.1 Å². The summed E-state index contributed by atoms with van der Waals surface area (Å²) in [6.45, 7) is 1.62. The number of benzene rings is 2. The number of hydrogen-bond acceptors (Lipinski definition) is 5. The van der Waals surface area contributed by atoms with Crippen molar-refractivity contribution in [3.63, 3.8) is 0 Å². The van der Waals surface area contributed by atoms with Gasteiger partial charge in [-0.05, 0) is 54.2 Å². The van der Waals surface area contributed by atoms with Crippen molar-refractivity contribution in [2.45, 2.75) is 19.3 Å². The molecule has 148 valence electrons. The Balaban J connectivity index is 1.91. The summed E-state index contributed by atoms with van der Waals surface area (Å²) in [5, 5.41) is 19.8. The minimum Gasteiger partial charge on any atom is -0.383 e. The van der Waals surface area contributed by atoms with Gasteiger partial charge >= 0.3 is 0 Å². The predicted molar refractivity (Wildman–Crippen MR) is 115 cm³/mol. The molecule has 0 atom stereocenters. The van der Waals surface area contributed by atoms with Crippen molar-refractivity contribution in [3.8, 4) is 34.4 Å². The minimum absolute atomic E-state index is 0.124. The van der Waals surface area contributed by atoms with Gasteiger partial charge in [-0.1, -0.05) is 30.3 Å². The number of nitriles is 2. The molecule has 4 rings (SSSR count).